The van der Waals surface area contributed by atoms with E-state index >= 15 is 0 Å². The molecule has 1 heterocycles. The molecule has 1 unspecified atom stereocenters. The number of hydrazine groups is 1. The second-order valence-corrected chi connectivity index (χ2v) is 5.49. The highest BCUT2D eigenvalue weighted by molar-refractivity contribution is 6.33. The van der Waals surface area contributed by atoms with Gasteiger partial charge in [0.15, 0.2) is 0 Å². The fourth-order valence-electron chi connectivity index (χ4n) is 2.13. The lowest BCUT2D eigenvalue weighted by atomic mass is 9.81. The third-order valence-electron chi connectivity index (χ3n) is 3.55. The maximum Gasteiger partial charge on any atom is 0.271 e. The largest absolute Gasteiger partial charge is 0.355 e. The lowest BCUT2D eigenvalue weighted by Crippen LogP contribution is -2.56. The monoisotopic (exact) mass is 309 g/mol. The van der Waals surface area contributed by atoms with Crippen LogP contribution < -0.4 is 16.2 Å². The average molecular weight is 310 g/mol. The molecule has 0 aromatic heterocycles. The molecule has 6 nitrogen and oxygen atoms in total. The van der Waals surface area contributed by atoms with Gasteiger partial charge in [-0.3, -0.25) is 25.2 Å². The number of amides is 3. The maximum absolute atomic E-state index is 12.1. The number of carbonyl (C=O) groups excluding carboxylic acids is 3. The molecule has 1 aromatic carbocycles. The molecule has 1 atom stereocenters. The van der Waals surface area contributed by atoms with Crippen molar-refractivity contribution in [1.82, 2.24) is 16.2 Å². The van der Waals surface area contributed by atoms with E-state index in [1.54, 1.807) is 31.2 Å². The van der Waals surface area contributed by atoms with Crippen LogP contribution >= 0.6 is 11.6 Å². The van der Waals surface area contributed by atoms with Gasteiger partial charge in [0.2, 0.25) is 5.91 Å². The van der Waals surface area contributed by atoms with Gasteiger partial charge < -0.3 is 5.32 Å². The number of hydrogen-bond acceptors (Lipinski definition) is 3. The van der Waals surface area contributed by atoms with Crippen LogP contribution in [0.25, 0.3) is 0 Å². The smallest absolute Gasteiger partial charge is 0.271 e. The Bertz CT molecular complexity index is 591. The predicted octanol–water partition coefficient (Wildman–Crippen LogP) is 1.02. The molecule has 3 N–H and O–H groups in total. The quantitative estimate of drug-likeness (QED) is 0.563. The summed E-state index contributed by atoms with van der Waals surface area (Å²) in [6.07, 6.45) is 1.15. The van der Waals surface area contributed by atoms with E-state index in [2.05, 4.69) is 16.2 Å². The van der Waals surface area contributed by atoms with Crippen molar-refractivity contribution < 1.29 is 14.4 Å². The Morgan fingerprint density at radius 3 is 2.67 bits per heavy atom. The van der Waals surface area contributed by atoms with E-state index in [0.29, 0.717) is 19.4 Å². The van der Waals surface area contributed by atoms with Crippen LogP contribution in [0, 0.1) is 5.41 Å². The van der Waals surface area contributed by atoms with Gasteiger partial charge in [0, 0.05) is 6.54 Å². The van der Waals surface area contributed by atoms with Gasteiger partial charge in [-0.2, -0.15) is 0 Å². The Morgan fingerprint density at radius 2 is 2.00 bits per heavy atom. The van der Waals surface area contributed by atoms with Crippen molar-refractivity contribution in [3.8, 4) is 0 Å². The highest BCUT2D eigenvalue weighted by Gasteiger charge is 2.42. The van der Waals surface area contributed by atoms with Crippen molar-refractivity contribution in [1.29, 1.82) is 0 Å². The van der Waals surface area contributed by atoms with Crippen LogP contribution in [0.2, 0.25) is 5.02 Å². The summed E-state index contributed by atoms with van der Waals surface area (Å²) in [4.78, 5) is 35.9. The number of piperidine rings is 1. The van der Waals surface area contributed by atoms with Gasteiger partial charge in [-0.1, -0.05) is 23.7 Å². The zero-order valence-corrected chi connectivity index (χ0v) is 12.3. The molecule has 1 fully saturated rings. The summed E-state index contributed by atoms with van der Waals surface area (Å²) in [5, 5.41) is 2.93. The molecular weight excluding hydrogens is 294 g/mol. The first-order chi connectivity index (χ1) is 9.95. The highest BCUT2D eigenvalue weighted by atomic mass is 35.5. The van der Waals surface area contributed by atoms with Crippen LogP contribution in [-0.4, -0.2) is 24.3 Å². The highest BCUT2D eigenvalue weighted by Crippen LogP contribution is 2.26. The Balaban J connectivity index is 1.99. The summed E-state index contributed by atoms with van der Waals surface area (Å²) < 4.78 is 0. The Hall–Kier alpha value is -2.08. The first-order valence-electron chi connectivity index (χ1n) is 6.59. The third-order valence-corrected chi connectivity index (χ3v) is 3.88. The number of carbonyl (C=O) groups is 3. The lowest BCUT2D eigenvalue weighted by Gasteiger charge is -2.30. The van der Waals surface area contributed by atoms with Crippen LogP contribution in [0.15, 0.2) is 24.3 Å². The summed E-state index contributed by atoms with van der Waals surface area (Å²) in [6, 6.07) is 6.48. The topological polar surface area (TPSA) is 87.3 Å². The van der Waals surface area contributed by atoms with Crippen molar-refractivity contribution in [3.05, 3.63) is 34.9 Å². The van der Waals surface area contributed by atoms with Crippen LogP contribution in [0.3, 0.4) is 0 Å². The average Bonchev–Trinajstić information content (AvgIpc) is 2.48. The van der Waals surface area contributed by atoms with Gasteiger partial charge in [0.1, 0.15) is 5.41 Å². The number of halogens is 1. The van der Waals surface area contributed by atoms with Gasteiger partial charge in [-0.05, 0) is 31.9 Å². The minimum absolute atomic E-state index is 0.248. The Morgan fingerprint density at radius 1 is 1.29 bits per heavy atom. The molecule has 112 valence electrons. The fraction of sp³-hybridized carbons (Fsp3) is 0.357. The number of benzene rings is 1. The summed E-state index contributed by atoms with van der Waals surface area (Å²) in [6.45, 7) is 2.12. The SMILES string of the molecule is CC1(C(=O)NNC(=O)c2ccccc2Cl)CCCNC1=O. The van der Waals surface area contributed by atoms with Crippen molar-refractivity contribution in [2.24, 2.45) is 5.41 Å². The van der Waals surface area contributed by atoms with Crippen LogP contribution in [0.1, 0.15) is 30.1 Å². The first kappa shape index (κ1) is 15.3. The van der Waals surface area contributed by atoms with Crippen molar-refractivity contribution in [2.75, 3.05) is 6.54 Å². The third kappa shape index (κ3) is 3.16. The van der Waals surface area contributed by atoms with E-state index in [9.17, 15) is 14.4 Å². The van der Waals surface area contributed by atoms with E-state index in [1.165, 1.54) is 0 Å². The second-order valence-electron chi connectivity index (χ2n) is 5.08. The predicted molar refractivity (Wildman–Crippen MR) is 77.4 cm³/mol. The number of rotatable bonds is 2. The van der Waals surface area contributed by atoms with Crippen LogP contribution in [-0.2, 0) is 9.59 Å². The molecule has 0 aliphatic carbocycles. The standard InChI is InChI=1S/C14H16ClN3O3/c1-14(7-4-8-16-12(14)20)13(21)18-17-11(19)9-5-2-3-6-10(9)15/h2-3,5-6H,4,7-8H2,1H3,(H,16,20)(H,17,19)(H,18,21). The molecule has 1 saturated heterocycles. The second kappa shape index (κ2) is 6.13. The minimum Gasteiger partial charge on any atom is -0.355 e. The minimum atomic E-state index is -1.17. The van der Waals surface area contributed by atoms with Crippen molar-refractivity contribution >= 4 is 29.3 Å². The van der Waals surface area contributed by atoms with Gasteiger partial charge in [-0.25, -0.2) is 0 Å². The maximum atomic E-state index is 12.1. The lowest BCUT2D eigenvalue weighted by molar-refractivity contribution is -0.145. The summed E-state index contributed by atoms with van der Waals surface area (Å²) >= 11 is 5.90. The molecule has 0 bridgehead atoms. The van der Waals surface area contributed by atoms with E-state index in [-0.39, 0.29) is 16.5 Å². The first-order valence-corrected chi connectivity index (χ1v) is 6.96. The molecule has 0 spiro atoms. The summed E-state index contributed by atoms with van der Waals surface area (Å²) in [7, 11) is 0. The zero-order chi connectivity index (χ0) is 15.5. The van der Waals surface area contributed by atoms with E-state index in [1.807, 2.05) is 0 Å². The fourth-order valence-corrected chi connectivity index (χ4v) is 2.35. The van der Waals surface area contributed by atoms with Gasteiger partial charge in [-0.15, -0.1) is 0 Å². The van der Waals surface area contributed by atoms with E-state index in [4.69, 9.17) is 11.6 Å². The molecular formula is C14H16ClN3O3. The molecule has 1 aliphatic rings. The molecule has 1 aromatic rings. The Labute approximate surface area is 127 Å². The van der Waals surface area contributed by atoms with Crippen molar-refractivity contribution in [3.63, 3.8) is 0 Å². The zero-order valence-electron chi connectivity index (χ0n) is 11.5. The molecule has 0 saturated carbocycles. The van der Waals surface area contributed by atoms with Gasteiger partial charge in [0.25, 0.3) is 11.8 Å². The molecule has 21 heavy (non-hydrogen) atoms. The molecule has 3 amide bonds. The van der Waals surface area contributed by atoms with E-state index < -0.39 is 17.2 Å². The Kier molecular flexibility index (Phi) is 4.47. The van der Waals surface area contributed by atoms with E-state index in [0.717, 1.165) is 0 Å². The van der Waals surface area contributed by atoms with Crippen LogP contribution in [0.5, 0.6) is 0 Å². The molecule has 7 heteroatoms. The normalized spacial score (nSPS) is 21.3. The number of hydrogen-bond donors (Lipinski definition) is 3. The van der Waals surface area contributed by atoms with Crippen LogP contribution in [0.4, 0.5) is 0 Å². The molecule has 2 rings (SSSR count). The molecule has 1 aliphatic heterocycles. The van der Waals surface area contributed by atoms with Crippen molar-refractivity contribution in [2.45, 2.75) is 19.8 Å². The summed E-state index contributed by atoms with van der Waals surface area (Å²) in [5.74, 6) is -1.41. The van der Waals surface area contributed by atoms with Gasteiger partial charge in [0.05, 0.1) is 10.6 Å². The summed E-state index contributed by atoms with van der Waals surface area (Å²) in [5.41, 5.74) is 3.64. The molecule has 0 radical (unpaired) electrons. The van der Waals surface area contributed by atoms with Gasteiger partial charge >= 0.3 is 0 Å². The number of nitrogens with one attached hydrogen (secondary N) is 3.